The van der Waals surface area contributed by atoms with Gasteiger partial charge in [-0.15, -0.1) is 0 Å². The van der Waals surface area contributed by atoms with Gasteiger partial charge in [0.2, 0.25) is 5.91 Å². The van der Waals surface area contributed by atoms with Crippen LogP contribution in [0, 0.1) is 11.8 Å². The van der Waals surface area contributed by atoms with Gasteiger partial charge in [-0.2, -0.15) is 0 Å². The molecule has 1 amide bonds. The van der Waals surface area contributed by atoms with Gasteiger partial charge in [-0.3, -0.25) is 4.79 Å². The fraction of sp³-hybridized carbons (Fsp3) is 0.733. The van der Waals surface area contributed by atoms with E-state index in [1.54, 1.807) is 0 Å². The quantitative estimate of drug-likeness (QED) is 0.738. The first-order chi connectivity index (χ1) is 8.99. The molecule has 19 heavy (non-hydrogen) atoms. The summed E-state index contributed by atoms with van der Waals surface area (Å²) in [4.78, 5) is 24.1. The molecule has 1 unspecified atom stereocenters. The zero-order valence-electron chi connectivity index (χ0n) is 11.6. The molecule has 1 atom stereocenters. The van der Waals surface area contributed by atoms with E-state index in [0.717, 1.165) is 18.4 Å². The monoisotopic (exact) mass is 263 g/mol. The molecule has 0 spiro atoms. The molecular weight excluding hydrogens is 242 g/mol. The molecule has 0 bridgehead atoms. The van der Waals surface area contributed by atoms with Crippen LogP contribution in [0.3, 0.4) is 0 Å². The number of carbonyl (C=O) groups is 2. The van der Waals surface area contributed by atoms with E-state index in [-0.39, 0.29) is 17.8 Å². The first-order valence-electron chi connectivity index (χ1n) is 7.27. The second-order valence-corrected chi connectivity index (χ2v) is 6.45. The normalized spacial score (nSPS) is 30.9. The number of cyclic esters (lactones) is 1. The van der Waals surface area contributed by atoms with Crippen molar-refractivity contribution in [3.05, 3.63) is 11.3 Å². The van der Waals surface area contributed by atoms with Gasteiger partial charge in [-0.05, 0) is 32.6 Å². The fourth-order valence-electron chi connectivity index (χ4n) is 3.75. The van der Waals surface area contributed by atoms with Crippen LogP contribution in [0.5, 0.6) is 0 Å². The largest absolute Gasteiger partial charge is 0.450 e. The maximum absolute atomic E-state index is 12.2. The number of hydrogen-bond donors (Lipinski definition) is 1. The number of esters is 1. The van der Waals surface area contributed by atoms with Gasteiger partial charge < -0.3 is 10.1 Å². The lowest BCUT2D eigenvalue weighted by Crippen LogP contribution is -2.41. The molecule has 3 rings (SSSR count). The van der Waals surface area contributed by atoms with Crippen LogP contribution in [0.1, 0.15) is 52.4 Å². The highest BCUT2D eigenvalue weighted by molar-refractivity contribution is 5.97. The van der Waals surface area contributed by atoms with Crippen LogP contribution in [0.15, 0.2) is 11.3 Å². The van der Waals surface area contributed by atoms with Crippen LogP contribution in [-0.4, -0.2) is 17.5 Å². The van der Waals surface area contributed by atoms with Crippen molar-refractivity contribution in [2.45, 2.75) is 58.0 Å². The average molecular weight is 263 g/mol. The van der Waals surface area contributed by atoms with Gasteiger partial charge in [0.15, 0.2) is 0 Å². The van der Waals surface area contributed by atoms with Crippen LogP contribution in [-0.2, 0) is 14.3 Å². The number of hydrogen-bond acceptors (Lipinski definition) is 3. The Labute approximate surface area is 113 Å². The molecule has 104 valence electrons. The average Bonchev–Trinajstić information content (AvgIpc) is 2.60. The van der Waals surface area contributed by atoms with Crippen molar-refractivity contribution >= 4 is 11.9 Å². The summed E-state index contributed by atoms with van der Waals surface area (Å²) in [5, 5.41) is 2.86. The molecule has 0 aromatic rings. The smallest absolute Gasteiger partial charge is 0.337 e. The van der Waals surface area contributed by atoms with E-state index in [0.29, 0.717) is 18.0 Å². The zero-order chi connectivity index (χ0) is 13.6. The summed E-state index contributed by atoms with van der Waals surface area (Å²) in [6.45, 7) is 3.69. The Morgan fingerprint density at radius 2 is 1.84 bits per heavy atom. The SMILES string of the molecule is CC1(C)OC(=O)C2=C1NC(=O)CC2C1CCCCC1. The summed E-state index contributed by atoms with van der Waals surface area (Å²) in [6.07, 6.45) is 6.39. The molecule has 4 heteroatoms. The Hall–Kier alpha value is -1.32. The lowest BCUT2D eigenvalue weighted by atomic mass is 9.73. The van der Waals surface area contributed by atoms with Crippen molar-refractivity contribution in [2.24, 2.45) is 11.8 Å². The lowest BCUT2D eigenvalue weighted by Gasteiger charge is -2.33. The van der Waals surface area contributed by atoms with Crippen molar-refractivity contribution in [1.82, 2.24) is 5.32 Å². The molecule has 1 fully saturated rings. The molecule has 0 aromatic carbocycles. The molecule has 1 N–H and O–H groups in total. The third kappa shape index (κ3) is 2.07. The second-order valence-electron chi connectivity index (χ2n) is 6.45. The summed E-state index contributed by atoms with van der Waals surface area (Å²) in [6, 6.07) is 0. The summed E-state index contributed by atoms with van der Waals surface area (Å²) in [5.41, 5.74) is 0.774. The van der Waals surface area contributed by atoms with Gasteiger partial charge in [0.25, 0.3) is 0 Å². The van der Waals surface area contributed by atoms with Gasteiger partial charge >= 0.3 is 5.97 Å². The maximum Gasteiger partial charge on any atom is 0.337 e. The van der Waals surface area contributed by atoms with Gasteiger partial charge in [-0.1, -0.05) is 19.3 Å². The Morgan fingerprint density at radius 3 is 2.53 bits per heavy atom. The van der Waals surface area contributed by atoms with Gasteiger partial charge in [0.1, 0.15) is 5.60 Å². The highest BCUT2D eigenvalue weighted by Gasteiger charge is 2.48. The third-order valence-electron chi connectivity index (χ3n) is 4.70. The molecule has 0 aromatic heterocycles. The van der Waals surface area contributed by atoms with Crippen LogP contribution in [0.25, 0.3) is 0 Å². The Bertz CT molecular complexity index is 458. The molecule has 2 heterocycles. The first kappa shape index (κ1) is 12.7. The summed E-state index contributed by atoms with van der Waals surface area (Å²) in [7, 11) is 0. The molecule has 4 nitrogen and oxygen atoms in total. The van der Waals surface area contributed by atoms with E-state index in [4.69, 9.17) is 4.74 Å². The maximum atomic E-state index is 12.2. The van der Waals surface area contributed by atoms with Crippen molar-refractivity contribution in [3.8, 4) is 0 Å². The molecular formula is C15H21NO3. The summed E-state index contributed by atoms with van der Waals surface area (Å²) >= 11 is 0. The number of ether oxygens (including phenoxy) is 1. The van der Waals surface area contributed by atoms with Crippen molar-refractivity contribution < 1.29 is 14.3 Å². The molecule has 3 aliphatic rings. The number of rotatable bonds is 1. The van der Waals surface area contributed by atoms with E-state index in [1.165, 1.54) is 19.3 Å². The van der Waals surface area contributed by atoms with Crippen LogP contribution < -0.4 is 5.32 Å². The van der Waals surface area contributed by atoms with E-state index in [2.05, 4.69) is 5.32 Å². The predicted molar refractivity (Wildman–Crippen MR) is 70.0 cm³/mol. The van der Waals surface area contributed by atoms with Gasteiger partial charge in [-0.25, -0.2) is 4.79 Å². The van der Waals surface area contributed by atoms with Crippen molar-refractivity contribution in [2.75, 3.05) is 0 Å². The Kier molecular flexibility index (Phi) is 2.91. The zero-order valence-corrected chi connectivity index (χ0v) is 11.6. The highest BCUT2D eigenvalue weighted by atomic mass is 16.6. The third-order valence-corrected chi connectivity index (χ3v) is 4.70. The Morgan fingerprint density at radius 1 is 1.16 bits per heavy atom. The highest BCUT2D eigenvalue weighted by Crippen LogP contribution is 2.44. The van der Waals surface area contributed by atoms with Crippen LogP contribution in [0.4, 0.5) is 0 Å². The van der Waals surface area contributed by atoms with Gasteiger partial charge in [0, 0.05) is 12.3 Å². The summed E-state index contributed by atoms with van der Waals surface area (Å²) < 4.78 is 5.44. The van der Waals surface area contributed by atoms with E-state index >= 15 is 0 Å². The second kappa shape index (κ2) is 4.36. The van der Waals surface area contributed by atoms with E-state index in [1.807, 2.05) is 13.8 Å². The van der Waals surface area contributed by atoms with Crippen LogP contribution in [0.2, 0.25) is 0 Å². The molecule has 1 aliphatic carbocycles. The number of amides is 1. The minimum atomic E-state index is -0.685. The lowest BCUT2D eigenvalue weighted by molar-refractivity contribution is -0.145. The van der Waals surface area contributed by atoms with Crippen molar-refractivity contribution in [3.63, 3.8) is 0 Å². The Balaban J connectivity index is 1.97. The number of nitrogens with one attached hydrogen (secondary N) is 1. The number of carbonyl (C=O) groups excluding carboxylic acids is 2. The molecule has 2 aliphatic heterocycles. The van der Waals surface area contributed by atoms with Crippen molar-refractivity contribution in [1.29, 1.82) is 0 Å². The minimum absolute atomic E-state index is 0.0284. The van der Waals surface area contributed by atoms with Gasteiger partial charge in [0.05, 0.1) is 11.3 Å². The summed E-state index contributed by atoms with van der Waals surface area (Å²) in [5.74, 6) is 0.334. The standard InChI is InChI=1S/C15H21NO3/c1-15(2)13-12(14(18)19-15)10(8-11(17)16-13)9-6-4-3-5-7-9/h9-10H,3-8H2,1-2H3,(H,16,17). The first-order valence-corrected chi connectivity index (χ1v) is 7.27. The topological polar surface area (TPSA) is 55.4 Å². The minimum Gasteiger partial charge on any atom is -0.450 e. The molecule has 0 radical (unpaired) electrons. The van der Waals surface area contributed by atoms with E-state index in [9.17, 15) is 9.59 Å². The molecule has 1 saturated carbocycles. The van der Waals surface area contributed by atoms with E-state index < -0.39 is 5.60 Å². The predicted octanol–water partition coefficient (Wildman–Crippen LogP) is 2.29. The van der Waals surface area contributed by atoms with Crippen LogP contribution >= 0.6 is 0 Å². The molecule has 0 saturated heterocycles. The fourth-order valence-corrected chi connectivity index (χ4v) is 3.75.